The number of aryl methyl sites for hydroxylation is 1. The van der Waals surface area contributed by atoms with Crippen molar-refractivity contribution in [3.05, 3.63) is 41.4 Å². The molecule has 1 aromatic carbocycles. The molecule has 1 fully saturated rings. The van der Waals surface area contributed by atoms with Gasteiger partial charge in [0, 0.05) is 30.4 Å². The predicted octanol–water partition coefficient (Wildman–Crippen LogP) is 3.16. The molecule has 0 amide bonds. The van der Waals surface area contributed by atoms with E-state index in [0.717, 1.165) is 0 Å². The molecule has 2 aromatic rings. The van der Waals surface area contributed by atoms with Gasteiger partial charge in [-0.05, 0) is 26.8 Å². The summed E-state index contributed by atoms with van der Waals surface area (Å²) in [5.41, 5.74) is 0.814. The first-order valence-electron chi connectivity index (χ1n) is 8.07. The van der Waals surface area contributed by atoms with Crippen LogP contribution in [0, 0.1) is 18.6 Å². The van der Waals surface area contributed by atoms with Crippen LogP contribution in [-0.2, 0) is 4.74 Å². The Hall–Kier alpha value is -2.41. The highest BCUT2D eigenvalue weighted by Gasteiger charge is 2.29. The summed E-state index contributed by atoms with van der Waals surface area (Å²) in [5, 5.41) is 0. The normalized spacial score (nSPS) is 20.6. The third kappa shape index (κ3) is 3.37. The number of aldehydes is 1. The standard InChI is InChI=1S/C18H19F2N3O2/c1-10-5-22-15(6-21-10)14-4-13(9-24)18(17(20)16(14)19)23-7-11(2)25-12(3)8-23/h4-6,9,11-12H,7-8H2,1-3H3. The molecule has 1 saturated heterocycles. The average molecular weight is 347 g/mol. The Balaban J connectivity index is 2.10. The SMILES string of the molecule is Cc1cnc(-c2cc(C=O)c(N3CC(C)OC(C)C3)c(F)c2F)cn1. The average Bonchev–Trinajstić information content (AvgIpc) is 2.57. The Morgan fingerprint density at radius 1 is 1.16 bits per heavy atom. The van der Waals surface area contributed by atoms with Crippen molar-refractivity contribution in [1.29, 1.82) is 0 Å². The van der Waals surface area contributed by atoms with E-state index in [9.17, 15) is 13.6 Å². The second kappa shape index (κ2) is 6.84. The Kier molecular flexibility index (Phi) is 4.76. The van der Waals surface area contributed by atoms with Crippen molar-refractivity contribution in [3.8, 4) is 11.3 Å². The van der Waals surface area contributed by atoms with E-state index in [1.54, 1.807) is 11.8 Å². The van der Waals surface area contributed by atoms with Crippen molar-refractivity contribution in [2.75, 3.05) is 18.0 Å². The first kappa shape index (κ1) is 17.4. The van der Waals surface area contributed by atoms with Crippen LogP contribution in [0.25, 0.3) is 11.3 Å². The number of hydrogen-bond acceptors (Lipinski definition) is 5. The third-order valence-electron chi connectivity index (χ3n) is 4.13. The largest absolute Gasteiger partial charge is 0.372 e. The second-order valence-corrected chi connectivity index (χ2v) is 6.31. The van der Waals surface area contributed by atoms with E-state index in [0.29, 0.717) is 25.1 Å². The summed E-state index contributed by atoms with van der Waals surface area (Å²) in [4.78, 5) is 21.3. The van der Waals surface area contributed by atoms with Crippen LogP contribution in [0.3, 0.4) is 0 Å². The maximum Gasteiger partial charge on any atom is 0.183 e. The lowest BCUT2D eigenvalue weighted by atomic mass is 10.0. The summed E-state index contributed by atoms with van der Waals surface area (Å²) in [5.74, 6) is -2.09. The monoisotopic (exact) mass is 347 g/mol. The van der Waals surface area contributed by atoms with Gasteiger partial charge in [-0.25, -0.2) is 8.78 Å². The molecule has 132 valence electrons. The number of carbonyl (C=O) groups is 1. The summed E-state index contributed by atoms with van der Waals surface area (Å²) in [6, 6.07) is 1.32. The van der Waals surface area contributed by atoms with Crippen LogP contribution in [-0.4, -0.2) is 41.6 Å². The number of rotatable bonds is 3. The fourth-order valence-corrected chi connectivity index (χ4v) is 3.13. The Morgan fingerprint density at radius 3 is 2.40 bits per heavy atom. The van der Waals surface area contributed by atoms with Crippen molar-refractivity contribution in [3.63, 3.8) is 0 Å². The lowest BCUT2D eigenvalue weighted by Crippen LogP contribution is -2.46. The summed E-state index contributed by atoms with van der Waals surface area (Å²) in [6.45, 7) is 6.21. The van der Waals surface area contributed by atoms with Crippen LogP contribution in [0.15, 0.2) is 18.5 Å². The number of nitrogens with zero attached hydrogens (tertiary/aromatic N) is 3. The van der Waals surface area contributed by atoms with Gasteiger partial charge in [0.25, 0.3) is 0 Å². The van der Waals surface area contributed by atoms with Crippen LogP contribution in [0.4, 0.5) is 14.5 Å². The fourth-order valence-electron chi connectivity index (χ4n) is 3.13. The van der Waals surface area contributed by atoms with Gasteiger partial charge in [-0.3, -0.25) is 14.8 Å². The molecule has 5 nitrogen and oxygen atoms in total. The zero-order valence-electron chi connectivity index (χ0n) is 14.3. The number of benzene rings is 1. The molecule has 3 rings (SSSR count). The molecule has 2 atom stereocenters. The summed E-state index contributed by atoms with van der Waals surface area (Å²) in [7, 11) is 0. The van der Waals surface area contributed by atoms with E-state index < -0.39 is 11.6 Å². The molecule has 0 N–H and O–H groups in total. The molecule has 0 saturated carbocycles. The minimum absolute atomic E-state index is 0.0293. The lowest BCUT2D eigenvalue weighted by Gasteiger charge is -2.37. The molecule has 0 spiro atoms. The van der Waals surface area contributed by atoms with Crippen LogP contribution in [0.2, 0.25) is 0 Å². The van der Waals surface area contributed by atoms with Crippen LogP contribution < -0.4 is 4.90 Å². The molecule has 0 bridgehead atoms. The van der Waals surface area contributed by atoms with Gasteiger partial charge < -0.3 is 9.64 Å². The number of carbonyl (C=O) groups excluding carboxylic acids is 1. The van der Waals surface area contributed by atoms with E-state index in [2.05, 4.69) is 9.97 Å². The zero-order chi connectivity index (χ0) is 18.1. The van der Waals surface area contributed by atoms with Crippen molar-refractivity contribution in [2.24, 2.45) is 0 Å². The highest BCUT2D eigenvalue weighted by atomic mass is 19.2. The lowest BCUT2D eigenvalue weighted by molar-refractivity contribution is -0.00546. The maximum atomic E-state index is 14.8. The molecule has 1 aliphatic rings. The number of morpholine rings is 1. The number of hydrogen-bond donors (Lipinski definition) is 0. The number of anilines is 1. The van der Waals surface area contributed by atoms with Crippen molar-refractivity contribution < 1.29 is 18.3 Å². The highest BCUT2D eigenvalue weighted by molar-refractivity contribution is 5.88. The molecular formula is C18H19F2N3O2. The molecule has 2 unspecified atom stereocenters. The number of aromatic nitrogens is 2. The maximum absolute atomic E-state index is 14.8. The van der Waals surface area contributed by atoms with Crippen molar-refractivity contribution >= 4 is 12.0 Å². The Bertz CT molecular complexity index is 786. The van der Waals surface area contributed by atoms with Crippen LogP contribution in [0.5, 0.6) is 0 Å². The van der Waals surface area contributed by atoms with E-state index in [-0.39, 0.29) is 34.7 Å². The summed E-state index contributed by atoms with van der Waals surface area (Å²) < 4.78 is 35.2. The van der Waals surface area contributed by atoms with Gasteiger partial charge in [0.1, 0.15) is 0 Å². The molecule has 0 aliphatic carbocycles. The summed E-state index contributed by atoms with van der Waals surface area (Å²) in [6.07, 6.45) is 3.07. The zero-order valence-corrected chi connectivity index (χ0v) is 14.3. The smallest absolute Gasteiger partial charge is 0.183 e. The second-order valence-electron chi connectivity index (χ2n) is 6.31. The summed E-state index contributed by atoms with van der Waals surface area (Å²) >= 11 is 0. The van der Waals surface area contributed by atoms with E-state index in [4.69, 9.17) is 4.74 Å². The fraction of sp³-hybridized carbons (Fsp3) is 0.389. The number of halogens is 2. The van der Waals surface area contributed by atoms with Gasteiger partial charge in [-0.1, -0.05) is 0 Å². The number of ether oxygens (including phenoxy) is 1. The van der Waals surface area contributed by atoms with E-state index in [1.165, 1.54) is 18.5 Å². The van der Waals surface area contributed by atoms with E-state index >= 15 is 0 Å². The topological polar surface area (TPSA) is 55.3 Å². The minimum atomic E-state index is -1.05. The van der Waals surface area contributed by atoms with Gasteiger partial charge >= 0.3 is 0 Å². The Labute approximate surface area is 144 Å². The van der Waals surface area contributed by atoms with Gasteiger partial charge in [0.2, 0.25) is 0 Å². The Morgan fingerprint density at radius 2 is 1.84 bits per heavy atom. The molecule has 1 aliphatic heterocycles. The molecule has 0 radical (unpaired) electrons. The van der Waals surface area contributed by atoms with Crippen LogP contribution in [0.1, 0.15) is 29.9 Å². The molecule has 2 heterocycles. The van der Waals surface area contributed by atoms with Crippen LogP contribution >= 0.6 is 0 Å². The molecular weight excluding hydrogens is 328 g/mol. The molecule has 1 aromatic heterocycles. The third-order valence-corrected chi connectivity index (χ3v) is 4.13. The van der Waals surface area contributed by atoms with Gasteiger partial charge in [-0.15, -0.1) is 0 Å². The van der Waals surface area contributed by atoms with Gasteiger partial charge in [-0.2, -0.15) is 0 Å². The van der Waals surface area contributed by atoms with E-state index in [1.807, 2.05) is 13.8 Å². The van der Waals surface area contributed by atoms with Crippen molar-refractivity contribution in [2.45, 2.75) is 33.0 Å². The quantitative estimate of drug-likeness (QED) is 0.799. The highest BCUT2D eigenvalue weighted by Crippen LogP contribution is 2.34. The van der Waals surface area contributed by atoms with Crippen molar-refractivity contribution in [1.82, 2.24) is 9.97 Å². The van der Waals surface area contributed by atoms with Gasteiger partial charge in [0.05, 0.1) is 35.5 Å². The first-order chi connectivity index (χ1) is 11.9. The minimum Gasteiger partial charge on any atom is -0.372 e. The molecule has 25 heavy (non-hydrogen) atoms. The first-order valence-corrected chi connectivity index (χ1v) is 8.07. The molecule has 7 heteroatoms. The van der Waals surface area contributed by atoms with Gasteiger partial charge in [0.15, 0.2) is 17.9 Å². The predicted molar refractivity (Wildman–Crippen MR) is 89.7 cm³/mol.